The Kier molecular flexibility index (Phi) is 3.01. The first-order chi connectivity index (χ1) is 8.66. The van der Waals surface area contributed by atoms with Crippen LogP contribution >= 0.6 is 0 Å². The summed E-state index contributed by atoms with van der Waals surface area (Å²) in [5, 5.41) is 3.39. The summed E-state index contributed by atoms with van der Waals surface area (Å²) in [4.78, 5) is 27.5. The number of carbonyl (C=O) groups excluding carboxylic acids is 2. The van der Waals surface area contributed by atoms with E-state index in [2.05, 4.69) is 12.2 Å². The first-order valence-electron chi connectivity index (χ1n) is 6.95. The van der Waals surface area contributed by atoms with Crippen LogP contribution in [-0.2, 0) is 9.59 Å². The molecule has 3 atom stereocenters. The average Bonchev–Trinajstić information content (AvgIpc) is 3.00. The number of rotatable bonds is 2. The van der Waals surface area contributed by atoms with Gasteiger partial charge in [-0.05, 0) is 25.2 Å². The molecule has 5 nitrogen and oxygen atoms in total. The summed E-state index contributed by atoms with van der Waals surface area (Å²) in [7, 11) is 0. The maximum atomic E-state index is 12.3. The van der Waals surface area contributed by atoms with E-state index in [4.69, 9.17) is 0 Å². The molecular weight excluding hydrogens is 230 g/mol. The van der Waals surface area contributed by atoms with E-state index in [9.17, 15) is 9.59 Å². The van der Waals surface area contributed by atoms with Crippen molar-refractivity contribution in [2.24, 2.45) is 11.8 Å². The highest BCUT2D eigenvalue weighted by atomic mass is 16.2. The lowest BCUT2D eigenvalue weighted by Crippen LogP contribution is -2.44. The summed E-state index contributed by atoms with van der Waals surface area (Å²) in [6, 6.07) is 0.315. The number of fused-ring (bicyclic) bond motifs is 1. The van der Waals surface area contributed by atoms with Crippen molar-refractivity contribution in [2.45, 2.75) is 25.8 Å². The molecule has 3 heterocycles. The number of hydrogen-bond acceptors (Lipinski definition) is 3. The second-order valence-corrected chi connectivity index (χ2v) is 5.79. The predicted molar refractivity (Wildman–Crippen MR) is 66.8 cm³/mol. The normalized spacial score (nSPS) is 35.4. The molecule has 0 aromatic carbocycles. The van der Waals surface area contributed by atoms with Gasteiger partial charge in [0.1, 0.15) is 0 Å². The van der Waals surface area contributed by atoms with Gasteiger partial charge in [0.2, 0.25) is 11.8 Å². The highest BCUT2D eigenvalue weighted by molar-refractivity contribution is 5.86. The molecule has 0 bridgehead atoms. The first-order valence-corrected chi connectivity index (χ1v) is 6.95. The summed E-state index contributed by atoms with van der Waals surface area (Å²) in [5.74, 6) is 1.48. The number of amides is 2. The van der Waals surface area contributed by atoms with Crippen LogP contribution in [0, 0.1) is 11.8 Å². The van der Waals surface area contributed by atoms with E-state index in [1.165, 1.54) is 0 Å². The Balaban J connectivity index is 1.61. The van der Waals surface area contributed by atoms with Crippen LogP contribution in [0.5, 0.6) is 0 Å². The number of nitrogens with zero attached hydrogens (tertiary/aromatic N) is 2. The summed E-state index contributed by atoms with van der Waals surface area (Å²) in [6.07, 6.45) is 1.51. The van der Waals surface area contributed by atoms with Crippen LogP contribution in [0.15, 0.2) is 0 Å². The van der Waals surface area contributed by atoms with Crippen LogP contribution < -0.4 is 5.32 Å². The summed E-state index contributed by atoms with van der Waals surface area (Å²) in [5.41, 5.74) is 0. The van der Waals surface area contributed by atoms with Gasteiger partial charge in [-0.15, -0.1) is 0 Å². The predicted octanol–water partition coefficient (Wildman–Crippen LogP) is -0.325. The fraction of sp³-hybridized carbons (Fsp3) is 0.846. The Morgan fingerprint density at radius 3 is 2.94 bits per heavy atom. The smallest absolute Gasteiger partial charge is 0.242 e. The fourth-order valence-electron chi connectivity index (χ4n) is 3.62. The van der Waals surface area contributed by atoms with E-state index in [0.29, 0.717) is 24.3 Å². The van der Waals surface area contributed by atoms with Gasteiger partial charge in [-0.3, -0.25) is 9.59 Å². The minimum atomic E-state index is 0.132. The monoisotopic (exact) mass is 251 g/mol. The van der Waals surface area contributed by atoms with Gasteiger partial charge < -0.3 is 15.1 Å². The molecule has 0 spiro atoms. The van der Waals surface area contributed by atoms with Crippen molar-refractivity contribution in [2.75, 3.05) is 32.7 Å². The van der Waals surface area contributed by atoms with Crippen molar-refractivity contribution < 1.29 is 9.59 Å². The minimum absolute atomic E-state index is 0.132. The van der Waals surface area contributed by atoms with Gasteiger partial charge in [0.25, 0.3) is 0 Å². The lowest BCUT2D eigenvalue weighted by molar-refractivity contribution is -0.139. The van der Waals surface area contributed by atoms with E-state index in [-0.39, 0.29) is 18.4 Å². The van der Waals surface area contributed by atoms with Crippen molar-refractivity contribution in [3.8, 4) is 0 Å². The molecule has 3 rings (SSSR count). The minimum Gasteiger partial charge on any atom is -0.338 e. The molecule has 0 aliphatic carbocycles. The van der Waals surface area contributed by atoms with Gasteiger partial charge in [-0.2, -0.15) is 0 Å². The third kappa shape index (κ3) is 1.90. The fourth-order valence-corrected chi connectivity index (χ4v) is 3.62. The quantitative estimate of drug-likeness (QED) is 0.731. The zero-order chi connectivity index (χ0) is 12.7. The molecule has 2 amide bonds. The van der Waals surface area contributed by atoms with Crippen LogP contribution in [0.3, 0.4) is 0 Å². The van der Waals surface area contributed by atoms with Gasteiger partial charge in [-0.25, -0.2) is 0 Å². The molecular formula is C13H21N3O2. The lowest BCUT2D eigenvalue weighted by atomic mass is 9.95. The maximum Gasteiger partial charge on any atom is 0.242 e. The number of carbonyl (C=O) groups is 2. The van der Waals surface area contributed by atoms with Crippen molar-refractivity contribution in [3.63, 3.8) is 0 Å². The molecule has 0 radical (unpaired) electrons. The first kappa shape index (κ1) is 12.0. The Labute approximate surface area is 107 Å². The topological polar surface area (TPSA) is 52.7 Å². The summed E-state index contributed by atoms with van der Waals surface area (Å²) < 4.78 is 0. The molecule has 1 N–H and O–H groups in total. The second-order valence-electron chi connectivity index (χ2n) is 5.79. The standard InChI is InChI=1S/C13H21N3O2/c1-9-11-6-14-5-10(11)7-16(9)13(18)8-15-4-2-3-12(15)17/h9-11,14H,2-8H2,1H3. The van der Waals surface area contributed by atoms with E-state index in [1.54, 1.807) is 4.90 Å². The highest BCUT2D eigenvalue weighted by Crippen LogP contribution is 2.32. The molecule has 3 unspecified atom stereocenters. The van der Waals surface area contributed by atoms with E-state index in [0.717, 1.165) is 32.6 Å². The van der Waals surface area contributed by atoms with E-state index in [1.807, 2.05) is 4.90 Å². The third-order valence-corrected chi connectivity index (χ3v) is 4.75. The van der Waals surface area contributed by atoms with Crippen LogP contribution in [0.4, 0.5) is 0 Å². The Morgan fingerprint density at radius 1 is 1.44 bits per heavy atom. The average molecular weight is 251 g/mol. The van der Waals surface area contributed by atoms with Gasteiger partial charge in [0.15, 0.2) is 0 Å². The summed E-state index contributed by atoms with van der Waals surface area (Å²) >= 11 is 0. The Morgan fingerprint density at radius 2 is 2.28 bits per heavy atom. The Bertz CT molecular complexity index is 371. The zero-order valence-electron chi connectivity index (χ0n) is 10.9. The molecule has 0 aromatic heterocycles. The molecule has 3 saturated heterocycles. The van der Waals surface area contributed by atoms with Crippen molar-refractivity contribution >= 4 is 11.8 Å². The number of nitrogens with one attached hydrogen (secondary N) is 1. The molecule has 0 saturated carbocycles. The van der Waals surface area contributed by atoms with Crippen molar-refractivity contribution in [1.82, 2.24) is 15.1 Å². The van der Waals surface area contributed by atoms with E-state index < -0.39 is 0 Å². The largest absolute Gasteiger partial charge is 0.338 e. The van der Waals surface area contributed by atoms with Crippen LogP contribution in [0.2, 0.25) is 0 Å². The Hall–Kier alpha value is -1.10. The van der Waals surface area contributed by atoms with Crippen LogP contribution in [0.1, 0.15) is 19.8 Å². The highest BCUT2D eigenvalue weighted by Gasteiger charge is 2.43. The number of hydrogen-bond donors (Lipinski definition) is 1. The van der Waals surface area contributed by atoms with Gasteiger partial charge in [0.05, 0.1) is 6.54 Å². The van der Waals surface area contributed by atoms with E-state index >= 15 is 0 Å². The molecule has 0 aromatic rings. The second kappa shape index (κ2) is 4.53. The molecule has 5 heteroatoms. The lowest BCUT2D eigenvalue weighted by Gasteiger charge is -2.26. The van der Waals surface area contributed by atoms with Crippen LogP contribution in [-0.4, -0.2) is 60.4 Å². The van der Waals surface area contributed by atoms with Crippen molar-refractivity contribution in [1.29, 1.82) is 0 Å². The SMILES string of the molecule is CC1C2CNCC2CN1C(=O)CN1CCCC1=O. The third-order valence-electron chi connectivity index (χ3n) is 4.75. The van der Waals surface area contributed by atoms with Gasteiger partial charge in [0, 0.05) is 38.6 Å². The molecule has 3 aliphatic rings. The van der Waals surface area contributed by atoms with Gasteiger partial charge in [-0.1, -0.05) is 0 Å². The van der Waals surface area contributed by atoms with Crippen LogP contribution in [0.25, 0.3) is 0 Å². The maximum absolute atomic E-state index is 12.3. The molecule has 3 fully saturated rings. The summed E-state index contributed by atoms with van der Waals surface area (Å²) in [6.45, 7) is 6.10. The molecule has 100 valence electrons. The number of likely N-dealkylation sites (tertiary alicyclic amines) is 2. The van der Waals surface area contributed by atoms with Crippen molar-refractivity contribution in [3.05, 3.63) is 0 Å². The molecule has 3 aliphatic heterocycles. The van der Waals surface area contributed by atoms with Gasteiger partial charge >= 0.3 is 0 Å². The molecule has 18 heavy (non-hydrogen) atoms. The zero-order valence-corrected chi connectivity index (χ0v) is 10.9.